The van der Waals surface area contributed by atoms with Crippen LogP contribution >= 0.6 is 0 Å². The summed E-state index contributed by atoms with van der Waals surface area (Å²) in [6.07, 6.45) is 42.8. The van der Waals surface area contributed by atoms with Crippen LogP contribution < -0.4 is 0 Å². The smallest absolute Gasteiger partial charge is 0.306 e. The fourth-order valence-corrected chi connectivity index (χ4v) is 5.96. The van der Waals surface area contributed by atoms with Crippen molar-refractivity contribution in [2.24, 2.45) is 0 Å². The summed E-state index contributed by atoms with van der Waals surface area (Å²) in [5.41, 5.74) is 0. The van der Waals surface area contributed by atoms with Gasteiger partial charge in [-0.05, 0) is 38.5 Å². The fourth-order valence-electron chi connectivity index (χ4n) is 5.96. The molecule has 1 N–H and O–H groups in total. The van der Waals surface area contributed by atoms with Gasteiger partial charge < -0.3 is 14.6 Å². The molecule has 0 saturated heterocycles. The van der Waals surface area contributed by atoms with Gasteiger partial charge in [-0.15, -0.1) is 0 Å². The molecule has 272 valence electrons. The van der Waals surface area contributed by atoms with Gasteiger partial charge in [0.1, 0.15) is 6.61 Å². The molecule has 5 nitrogen and oxygen atoms in total. The van der Waals surface area contributed by atoms with Crippen LogP contribution in [-0.4, -0.2) is 36.4 Å². The number of ether oxygens (including phenoxy) is 2. The van der Waals surface area contributed by atoms with E-state index in [0.717, 1.165) is 38.5 Å². The lowest BCUT2D eigenvalue weighted by atomic mass is 10.0. The monoisotopic (exact) mass is 651 g/mol. The Morgan fingerprint density at radius 1 is 0.478 bits per heavy atom. The predicted molar refractivity (Wildman–Crippen MR) is 196 cm³/mol. The first-order valence-corrected chi connectivity index (χ1v) is 20.2. The van der Waals surface area contributed by atoms with Crippen LogP contribution in [0.4, 0.5) is 0 Å². The van der Waals surface area contributed by atoms with Crippen molar-refractivity contribution < 1.29 is 24.2 Å². The van der Waals surface area contributed by atoms with Crippen molar-refractivity contribution in [1.82, 2.24) is 0 Å². The average molecular weight is 651 g/mol. The van der Waals surface area contributed by atoms with Gasteiger partial charge >= 0.3 is 11.9 Å². The number of hydrogen-bond acceptors (Lipinski definition) is 5. The molecule has 0 aliphatic heterocycles. The molecule has 0 aromatic rings. The number of esters is 2. The zero-order chi connectivity index (χ0) is 33.6. The summed E-state index contributed by atoms with van der Waals surface area (Å²) in [4.78, 5) is 24.2. The molecule has 0 aromatic carbocycles. The first kappa shape index (κ1) is 44.6. The van der Waals surface area contributed by atoms with Crippen molar-refractivity contribution in [2.45, 2.75) is 225 Å². The molecule has 0 heterocycles. The lowest BCUT2D eigenvalue weighted by Crippen LogP contribution is -2.28. The van der Waals surface area contributed by atoms with Crippen LogP contribution in [0, 0.1) is 0 Å². The first-order chi connectivity index (χ1) is 22.6. The SMILES string of the molecule is CCCCCCCCC=CCCCCCCCCCCCCCC(=O)OCC(CO)OC(=O)CCCCCCCCCCCCC. The number of carbonyl (C=O) groups is 2. The Bertz CT molecular complexity index is 661. The third-order valence-corrected chi connectivity index (χ3v) is 9.06. The van der Waals surface area contributed by atoms with Crippen LogP contribution in [0.3, 0.4) is 0 Å². The van der Waals surface area contributed by atoms with E-state index in [4.69, 9.17) is 9.47 Å². The van der Waals surface area contributed by atoms with Crippen LogP contribution in [0.2, 0.25) is 0 Å². The summed E-state index contributed by atoms with van der Waals surface area (Å²) in [6.45, 7) is 4.14. The maximum Gasteiger partial charge on any atom is 0.306 e. The Kier molecular flexibility index (Phi) is 37.0. The number of rotatable bonds is 37. The van der Waals surface area contributed by atoms with E-state index in [1.54, 1.807) is 0 Å². The number of aliphatic hydroxyl groups excluding tert-OH is 1. The average Bonchev–Trinajstić information content (AvgIpc) is 3.06. The standard InChI is InChI=1S/C41H78O5/c1-3-5-7-9-11-13-15-16-17-18-19-20-21-22-23-24-26-27-29-31-33-35-40(43)45-38-39(37-42)46-41(44)36-34-32-30-28-25-14-12-10-8-6-4-2/h16-17,39,42H,3-15,18-38H2,1-2H3. The molecule has 0 fully saturated rings. The molecule has 0 aliphatic rings. The molecular weight excluding hydrogens is 572 g/mol. The second-order valence-electron chi connectivity index (χ2n) is 13.7. The van der Waals surface area contributed by atoms with E-state index in [2.05, 4.69) is 26.0 Å². The highest BCUT2D eigenvalue weighted by atomic mass is 16.6. The van der Waals surface area contributed by atoms with Crippen LogP contribution in [0.15, 0.2) is 12.2 Å². The number of allylic oxidation sites excluding steroid dienone is 2. The number of carbonyl (C=O) groups excluding carboxylic acids is 2. The topological polar surface area (TPSA) is 72.8 Å². The van der Waals surface area contributed by atoms with Gasteiger partial charge in [-0.1, -0.05) is 180 Å². The summed E-state index contributed by atoms with van der Waals surface area (Å²) < 4.78 is 10.6. The van der Waals surface area contributed by atoms with Gasteiger partial charge in [0.15, 0.2) is 6.10 Å². The molecule has 0 radical (unpaired) electrons. The molecule has 0 bridgehead atoms. The number of aliphatic hydroxyl groups is 1. The highest BCUT2D eigenvalue weighted by Gasteiger charge is 2.16. The molecule has 1 unspecified atom stereocenters. The minimum absolute atomic E-state index is 0.0602. The van der Waals surface area contributed by atoms with Gasteiger partial charge in [0, 0.05) is 12.8 Å². The Labute approximate surface area is 286 Å². The lowest BCUT2D eigenvalue weighted by molar-refractivity contribution is -0.161. The second-order valence-corrected chi connectivity index (χ2v) is 13.7. The summed E-state index contributed by atoms with van der Waals surface area (Å²) >= 11 is 0. The number of hydrogen-bond donors (Lipinski definition) is 1. The zero-order valence-electron chi connectivity index (χ0n) is 30.9. The van der Waals surface area contributed by atoms with Gasteiger partial charge in [-0.3, -0.25) is 9.59 Å². The number of unbranched alkanes of at least 4 members (excludes halogenated alkanes) is 27. The maximum atomic E-state index is 12.1. The van der Waals surface area contributed by atoms with Crippen molar-refractivity contribution in [2.75, 3.05) is 13.2 Å². The maximum absolute atomic E-state index is 12.1. The van der Waals surface area contributed by atoms with Gasteiger partial charge in [0.05, 0.1) is 6.61 Å². The largest absolute Gasteiger partial charge is 0.462 e. The molecule has 0 amide bonds. The van der Waals surface area contributed by atoms with E-state index in [-0.39, 0.29) is 25.2 Å². The zero-order valence-corrected chi connectivity index (χ0v) is 30.9. The van der Waals surface area contributed by atoms with E-state index in [1.807, 2.05) is 0 Å². The van der Waals surface area contributed by atoms with E-state index < -0.39 is 6.10 Å². The summed E-state index contributed by atoms with van der Waals surface area (Å²) in [5.74, 6) is -0.582. The van der Waals surface area contributed by atoms with Gasteiger partial charge in [0.2, 0.25) is 0 Å². The van der Waals surface area contributed by atoms with Crippen LogP contribution in [0.25, 0.3) is 0 Å². The third-order valence-electron chi connectivity index (χ3n) is 9.06. The van der Waals surface area contributed by atoms with Crippen molar-refractivity contribution in [3.63, 3.8) is 0 Å². The Morgan fingerprint density at radius 3 is 1.17 bits per heavy atom. The molecule has 0 aromatic heterocycles. The van der Waals surface area contributed by atoms with Gasteiger partial charge in [-0.2, -0.15) is 0 Å². The van der Waals surface area contributed by atoms with E-state index >= 15 is 0 Å². The van der Waals surface area contributed by atoms with Gasteiger partial charge in [0.25, 0.3) is 0 Å². The highest BCUT2D eigenvalue weighted by Crippen LogP contribution is 2.15. The summed E-state index contributed by atoms with van der Waals surface area (Å²) in [7, 11) is 0. The normalized spacial score (nSPS) is 12.2. The van der Waals surface area contributed by atoms with Crippen LogP contribution in [0.5, 0.6) is 0 Å². The van der Waals surface area contributed by atoms with Crippen LogP contribution in [0.1, 0.15) is 219 Å². The summed E-state index contributed by atoms with van der Waals surface area (Å²) in [6, 6.07) is 0. The Hall–Kier alpha value is -1.36. The highest BCUT2D eigenvalue weighted by molar-refractivity contribution is 5.70. The molecule has 0 saturated carbocycles. The lowest BCUT2D eigenvalue weighted by Gasteiger charge is -2.15. The predicted octanol–water partition coefficient (Wildman–Crippen LogP) is 12.5. The van der Waals surface area contributed by atoms with Crippen molar-refractivity contribution in [3.05, 3.63) is 12.2 Å². The van der Waals surface area contributed by atoms with Crippen molar-refractivity contribution in [1.29, 1.82) is 0 Å². The Morgan fingerprint density at radius 2 is 0.804 bits per heavy atom. The second kappa shape index (κ2) is 38.1. The molecule has 0 spiro atoms. The quantitative estimate of drug-likeness (QED) is 0.0411. The van der Waals surface area contributed by atoms with E-state index in [0.29, 0.717) is 12.8 Å². The molecule has 5 heteroatoms. The molecular formula is C41H78O5. The third kappa shape index (κ3) is 35.5. The first-order valence-electron chi connectivity index (χ1n) is 20.2. The van der Waals surface area contributed by atoms with E-state index in [9.17, 15) is 14.7 Å². The minimum atomic E-state index is -0.763. The molecule has 1 atom stereocenters. The minimum Gasteiger partial charge on any atom is -0.462 e. The molecule has 0 rings (SSSR count). The Balaban J connectivity index is 3.48. The van der Waals surface area contributed by atoms with Crippen molar-refractivity contribution >= 4 is 11.9 Å². The molecule has 46 heavy (non-hydrogen) atoms. The van der Waals surface area contributed by atoms with Crippen LogP contribution in [-0.2, 0) is 19.1 Å². The van der Waals surface area contributed by atoms with Crippen molar-refractivity contribution in [3.8, 4) is 0 Å². The fraction of sp³-hybridized carbons (Fsp3) is 0.902. The van der Waals surface area contributed by atoms with Gasteiger partial charge in [-0.25, -0.2) is 0 Å². The molecule has 0 aliphatic carbocycles. The van der Waals surface area contributed by atoms with E-state index in [1.165, 1.54) is 154 Å². The summed E-state index contributed by atoms with van der Waals surface area (Å²) in [5, 5.41) is 9.53.